The van der Waals surface area contributed by atoms with Crippen molar-refractivity contribution in [2.75, 3.05) is 30.0 Å². The van der Waals surface area contributed by atoms with Gasteiger partial charge in [0.1, 0.15) is 11.6 Å². The highest BCUT2D eigenvalue weighted by molar-refractivity contribution is 7.98. The molecule has 0 aliphatic heterocycles. The van der Waals surface area contributed by atoms with E-state index in [1.807, 2.05) is 19.2 Å². The lowest BCUT2D eigenvalue weighted by atomic mass is 10.0. The Morgan fingerprint density at radius 2 is 1.85 bits per heavy atom. The van der Waals surface area contributed by atoms with Gasteiger partial charge >= 0.3 is 0 Å². The first kappa shape index (κ1) is 17.0. The van der Waals surface area contributed by atoms with Crippen LogP contribution in [-0.2, 0) is 0 Å². The molecule has 0 fully saturated rings. The first-order chi connectivity index (χ1) is 9.50. The van der Waals surface area contributed by atoms with Gasteiger partial charge in [0.2, 0.25) is 0 Å². The van der Waals surface area contributed by atoms with E-state index in [1.165, 1.54) is 11.8 Å². The van der Waals surface area contributed by atoms with Gasteiger partial charge in [0, 0.05) is 19.2 Å². The molecule has 114 valence electrons. The van der Waals surface area contributed by atoms with Crippen molar-refractivity contribution in [1.82, 2.24) is 9.97 Å². The van der Waals surface area contributed by atoms with E-state index in [4.69, 9.17) is 0 Å². The number of aliphatic hydroxyl groups is 1. The molecule has 0 radical (unpaired) electrons. The van der Waals surface area contributed by atoms with Gasteiger partial charge in [0.05, 0.1) is 5.60 Å². The van der Waals surface area contributed by atoms with Crippen LogP contribution in [0, 0.1) is 0 Å². The topological polar surface area (TPSA) is 70.1 Å². The van der Waals surface area contributed by atoms with Gasteiger partial charge in [-0.2, -0.15) is 0 Å². The van der Waals surface area contributed by atoms with Crippen molar-refractivity contribution < 1.29 is 5.11 Å². The standard InChI is InChI=1S/C14H26N4OS/c1-5-7-14(3,19)10-16-12-9-11(15-8-6-2)17-13(18-12)20-4/h9,19H,5-8,10H2,1-4H3,(H2,15,16,17,18). The lowest BCUT2D eigenvalue weighted by Gasteiger charge is -2.23. The smallest absolute Gasteiger partial charge is 0.191 e. The second kappa shape index (κ2) is 8.32. The van der Waals surface area contributed by atoms with E-state index in [0.717, 1.165) is 42.6 Å². The van der Waals surface area contributed by atoms with Crippen molar-refractivity contribution in [3.8, 4) is 0 Å². The number of rotatable bonds is 9. The molecule has 1 unspecified atom stereocenters. The lowest BCUT2D eigenvalue weighted by Crippen LogP contribution is -2.33. The van der Waals surface area contributed by atoms with Crippen molar-refractivity contribution in [2.45, 2.75) is 50.8 Å². The van der Waals surface area contributed by atoms with E-state index in [2.05, 4.69) is 34.4 Å². The van der Waals surface area contributed by atoms with E-state index in [1.54, 1.807) is 0 Å². The molecule has 0 aromatic carbocycles. The van der Waals surface area contributed by atoms with Gasteiger partial charge in [0.25, 0.3) is 0 Å². The number of aromatic nitrogens is 2. The number of thioether (sulfide) groups is 1. The van der Waals surface area contributed by atoms with Crippen LogP contribution in [-0.4, -0.2) is 40.0 Å². The summed E-state index contributed by atoms with van der Waals surface area (Å²) in [6, 6.07) is 1.89. The Balaban J connectivity index is 2.73. The van der Waals surface area contributed by atoms with Crippen LogP contribution in [0.3, 0.4) is 0 Å². The largest absolute Gasteiger partial charge is 0.388 e. The third-order valence-electron chi connectivity index (χ3n) is 2.88. The monoisotopic (exact) mass is 298 g/mol. The van der Waals surface area contributed by atoms with Gasteiger partial charge in [-0.25, -0.2) is 9.97 Å². The lowest BCUT2D eigenvalue weighted by molar-refractivity contribution is 0.0636. The fraction of sp³-hybridized carbons (Fsp3) is 0.714. The summed E-state index contributed by atoms with van der Waals surface area (Å²) in [6.07, 6.45) is 4.72. The molecule has 0 aliphatic carbocycles. The van der Waals surface area contributed by atoms with E-state index in [9.17, 15) is 5.11 Å². The van der Waals surface area contributed by atoms with Crippen LogP contribution in [0.5, 0.6) is 0 Å². The predicted molar refractivity (Wildman–Crippen MR) is 86.6 cm³/mol. The molecule has 0 saturated carbocycles. The van der Waals surface area contributed by atoms with Crippen molar-refractivity contribution in [3.63, 3.8) is 0 Å². The van der Waals surface area contributed by atoms with E-state index in [-0.39, 0.29) is 0 Å². The van der Waals surface area contributed by atoms with Gasteiger partial charge in [-0.3, -0.25) is 0 Å². The summed E-state index contributed by atoms with van der Waals surface area (Å²) in [6.45, 7) is 7.40. The number of hydrogen-bond donors (Lipinski definition) is 3. The van der Waals surface area contributed by atoms with Gasteiger partial charge in [-0.05, 0) is 26.0 Å². The average molecular weight is 298 g/mol. The number of nitrogens with one attached hydrogen (secondary N) is 2. The molecule has 1 aromatic heterocycles. The number of hydrogen-bond acceptors (Lipinski definition) is 6. The molecular formula is C14H26N4OS. The number of anilines is 2. The molecule has 3 N–H and O–H groups in total. The Bertz CT molecular complexity index is 412. The Morgan fingerprint density at radius 1 is 1.20 bits per heavy atom. The van der Waals surface area contributed by atoms with Crippen LogP contribution in [0.4, 0.5) is 11.6 Å². The van der Waals surface area contributed by atoms with E-state index >= 15 is 0 Å². The molecule has 1 heterocycles. The zero-order valence-corrected chi connectivity index (χ0v) is 13.7. The fourth-order valence-electron chi connectivity index (χ4n) is 1.86. The molecule has 1 aromatic rings. The van der Waals surface area contributed by atoms with Crippen molar-refractivity contribution in [1.29, 1.82) is 0 Å². The first-order valence-electron chi connectivity index (χ1n) is 7.14. The molecule has 0 spiro atoms. The summed E-state index contributed by atoms with van der Waals surface area (Å²) in [5.41, 5.74) is -0.712. The Morgan fingerprint density at radius 3 is 2.40 bits per heavy atom. The minimum Gasteiger partial charge on any atom is -0.388 e. The summed E-state index contributed by atoms with van der Waals surface area (Å²) in [5.74, 6) is 1.57. The maximum Gasteiger partial charge on any atom is 0.191 e. The van der Waals surface area contributed by atoms with Crippen molar-refractivity contribution >= 4 is 23.4 Å². The molecule has 1 atom stereocenters. The third kappa shape index (κ3) is 5.96. The Hall–Kier alpha value is -1.01. The van der Waals surface area contributed by atoms with Crippen LogP contribution in [0.2, 0.25) is 0 Å². The molecule has 6 heteroatoms. The highest BCUT2D eigenvalue weighted by atomic mass is 32.2. The summed E-state index contributed by atoms with van der Waals surface area (Å²) in [4.78, 5) is 8.82. The van der Waals surface area contributed by atoms with Crippen molar-refractivity contribution in [2.24, 2.45) is 0 Å². The minimum atomic E-state index is -0.712. The van der Waals surface area contributed by atoms with Crippen LogP contribution in [0.1, 0.15) is 40.0 Å². The first-order valence-corrected chi connectivity index (χ1v) is 8.36. The molecule has 0 saturated heterocycles. The van der Waals surface area contributed by atoms with Crippen LogP contribution in [0.25, 0.3) is 0 Å². The minimum absolute atomic E-state index is 0.485. The van der Waals surface area contributed by atoms with E-state index < -0.39 is 5.60 Å². The SMILES string of the molecule is CCCNc1cc(NCC(C)(O)CCC)nc(SC)n1. The highest BCUT2D eigenvalue weighted by Gasteiger charge is 2.19. The molecule has 0 bridgehead atoms. The molecule has 1 rings (SSSR count). The maximum atomic E-state index is 10.2. The zero-order chi connectivity index (χ0) is 15.0. The number of nitrogens with zero attached hydrogens (tertiary/aromatic N) is 2. The van der Waals surface area contributed by atoms with Crippen molar-refractivity contribution in [3.05, 3.63) is 6.07 Å². The Labute approximate surface area is 126 Å². The zero-order valence-electron chi connectivity index (χ0n) is 12.9. The molecular weight excluding hydrogens is 272 g/mol. The normalized spacial score (nSPS) is 13.8. The quantitative estimate of drug-likeness (QED) is 0.481. The van der Waals surface area contributed by atoms with Gasteiger partial charge < -0.3 is 15.7 Å². The van der Waals surface area contributed by atoms with Crippen LogP contribution < -0.4 is 10.6 Å². The second-order valence-corrected chi connectivity index (χ2v) is 5.93. The molecule has 0 aliphatic rings. The van der Waals surface area contributed by atoms with Gasteiger partial charge in [-0.15, -0.1) is 0 Å². The van der Waals surface area contributed by atoms with Gasteiger partial charge in [0.15, 0.2) is 5.16 Å². The summed E-state index contributed by atoms with van der Waals surface area (Å²) >= 11 is 1.51. The molecule has 0 amide bonds. The average Bonchev–Trinajstić information content (AvgIpc) is 2.43. The fourth-order valence-corrected chi connectivity index (χ4v) is 2.24. The predicted octanol–water partition coefficient (Wildman–Crippen LogP) is 2.98. The third-order valence-corrected chi connectivity index (χ3v) is 3.43. The second-order valence-electron chi connectivity index (χ2n) is 5.15. The summed E-state index contributed by atoms with van der Waals surface area (Å²) in [5, 5.41) is 17.4. The Kier molecular flexibility index (Phi) is 7.09. The summed E-state index contributed by atoms with van der Waals surface area (Å²) in [7, 11) is 0. The molecule has 5 nitrogen and oxygen atoms in total. The van der Waals surface area contributed by atoms with Gasteiger partial charge in [-0.1, -0.05) is 32.0 Å². The summed E-state index contributed by atoms with van der Waals surface area (Å²) < 4.78 is 0. The maximum absolute atomic E-state index is 10.2. The van der Waals surface area contributed by atoms with E-state index in [0.29, 0.717) is 6.54 Å². The van der Waals surface area contributed by atoms with Crippen LogP contribution in [0.15, 0.2) is 11.2 Å². The molecule has 20 heavy (non-hydrogen) atoms. The van der Waals surface area contributed by atoms with Crippen LogP contribution >= 0.6 is 11.8 Å². The highest BCUT2D eigenvalue weighted by Crippen LogP contribution is 2.19.